The Bertz CT molecular complexity index is 2590. The molecule has 5 aromatic rings. The fourth-order valence-electron chi connectivity index (χ4n) is 5.75. The van der Waals surface area contributed by atoms with Gasteiger partial charge in [-0.25, -0.2) is 0 Å². The number of benzene rings is 3. The minimum absolute atomic E-state index is 0.269. The molecule has 32 heteroatoms. The monoisotopic (exact) mass is 1210 g/mol. The van der Waals surface area contributed by atoms with Crippen LogP contribution in [0, 0.1) is 0 Å². The van der Waals surface area contributed by atoms with E-state index in [0.29, 0.717) is 25.7 Å². The minimum Gasteiger partial charge on any atom is -0.480 e. The van der Waals surface area contributed by atoms with Gasteiger partial charge in [0.2, 0.25) is 0 Å². The number of H-pyrrole nitrogens is 2. The fourth-order valence-corrected chi connectivity index (χ4v) is 6.24. The molecule has 2 aromatic heterocycles. The molecular weight excluding hydrogens is 1130 g/mol. The Kier molecular flexibility index (Phi) is 44.2. The summed E-state index contributed by atoms with van der Waals surface area (Å²) in [6.45, 7) is 1.13. The normalized spacial score (nSPS) is 14.1. The van der Waals surface area contributed by atoms with Gasteiger partial charge in [0.05, 0.1) is 25.8 Å². The van der Waals surface area contributed by atoms with Crippen LogP contribution in [0.5, 0.6) is 0 Å². The van der Waals surface area contributed by atoms with E-state index in [1.54, 1.807) is 11.8 Å². The van der Waals surface area contributed by atoms with Crippen LogP contribution in [-0.2, 0) is 62.4 Å². The van der Waals surface area contributed by atoms with Gasteiger partial charge in [0, 0.05) is 47.0 Å². The maximum absolute atomic E-state index is 10.6. The third-order valence-corrected chi connectivity index (χ3v) is 11.1. The highest BCUT2D eigenvalue weighted by Gasteiger charge is 2.21. The molecule has 8 atom stereocenters. The molecule has 3 heterocycles. The SMILES string of the molecule is CC(O)C(N)C(=O)O.CSCCC(N)C(=O)O.NC(CO)C(=O)O.NC(Cc1c[nH]c2ccccc12)C(=O)O.NC(Cc1c[nH]c2ccccc12)C(=O)O.NC(Cc1ccccc1)C(=O)O.NCC(=O)O.NCC(=O)O.O=C(O)[C@@H]1CCCN1. The largest absolute Gasteiger partial charge is 0.480 e. The van der Waals surface area contributed by atoms with Crippen molar-refractivity contribution in [2.45, 2.75) is 93.8 Å². The molecule has 6 rings (SSSR count). The third kappa shape index (κ3) is 38.6. The Morgan fingerprint density at radius 1 is 0.548 bits per heavy atom. The lowest BCUT2D eigenvalue weighted by Crippen LogP contribution is -2.39. The number of nitrogens with one attached hydrogen (secondary N) is 3. The molecule has 30 N–H and O–H groups in total. The van der Waals surface area contributed by atoms with Gasteiger partial charge in [-0.3, -0.25) is 43.2 Å². The Balaban J connectivity index is -0.000000902. The fraction of sp³-hybridized carbons (Fsp3) is 0.404. The van der Waals surface area contributed by atoms with Crippen LogP contribution >= 0.6 is 11.8 Å². The lowest BCUT2D eigenvalue weighted by molar-refractivity contribution is -0.141. The number of para-hydroxylation sites is 2. The summed E-state index contributed by atoms with van der Waals surface area (Å²) >= 11 is 1.60. The molecule has 0 aliphatic carbocycles. The number of hydrogen-bond donors (Lipinski definition) is 22. The van der Waals surface area contributed by atoms with E-state index in [2.05, 4.69) is 26.8 Å². The molecule has 1 saturated heterocycles. The summed E-state index contributed by atoms with van der Waals surface area (Å²) in [6.07, 6.45) is 7.99. The summed E-state index contributed by atoms with van der Waals surface area (Å²) in [6, 6.07) is 19.1. The summed E-state index contributed by atoms with van der Waals surface area (Å²) in [5.41, 5.74) is 45.2. The standard InChI is InChI=1S/2C11H12N2O2.C9H11NO2.C5H11NO2S.C5H9NO2.C4H9NO3.C3H7NO3.2C2H5NO2/c2*12-9(11(14)15)5-7-6-13-10-4-2-1-3-8(7)10;10-8(9(11)12)6-7-4-2-1-3-5-7;1-9-3-2-4(6)5(7)8;7-5(8)4-2-1-3-6-4;1-2(6)3(5)4(7)8;4-2(1-5)3(6)7;2*3-1-2(4)5/h2*1-4,6,9,13H,5,12H2,(H,14,15);1-5,8H,6,10H2,(H,11,12);4H,2-3,6H2,1H3,(H,7,8);4,6H,1-3H2,(H,7,8);2-3,6H,5H2,1H3,(H,7,8);2,5H,1,4H2,(H,6,7);2*1,3H2,(H,4,5)/t;;;;4-;;;;/m....0..../s1. The van der Waals surface area contributed by atoms with E-state index >= 15 is 0 Å². The van der Waals surface area contributed by atoms with Crippen LogP contribution in [0.25, 0.3) is 21.8 Å². The second-order valence-corrected chi connectivity index (χ2v) is 18.3. The van der Waals surface area contributed by atoms with Gasteiger partial charge in [0.15, 0.2) is 0 Å². The van der Waals surface area contributed by atoms with Gasteiger partial charge in [-0.2, -0.15) is 11.8 Å². The number of thioether (sulfide) groups is 1. The number of hydrogen-bond acceptors (Lipinski definition) is 21. The second kappa shape index (κ2) is 46.4. The molecule has 7 unspecified atom stereocenters. The number of carboxylic acid groups (broad SMARTS) is 9. The van der Waals surface area contributed by atoms with Crippen molar-refractivity contribution in [2.75, 3.05) is 38.2 Å². The first kappa shape index (κ1) is 80.1. The number of aliphatic carboxylic acids is 9. The van der Waals surface area contributed by atoms with Crippen molar-refractivity contribution in [1.29, 1.82) is 0 Å². The molecule has 0 radical (unpaired) electrons. The van der Waals surface area contributed by atoms with Crippen LogP contribution in [-0.4, -0.2) is 207 Å². The van der Waals surface area contributed by atoms with E-state index in [0.717, 1.165) is 63.6 Å². The Morgan fingerprint density at radius 3 is 1.18 bits per heavy atom. The number of carboxylic acids is 9. The van der Waals surface area contributed by atoms with Gasteiger partial charge in [-0.05, 0) is 80.0 Å². The quantitative estimate of drug-likeness (QED) is 0.0404. The van der Waals surface area contributed by atoms with Gasteiger partial charge in [-0.1, -0.05) is 66.7 Å². The van der Waals surface area contributed by atoms with Crippen molar-refractivity contribution < 1.29 is 99.3 Å². The smallest absolute Gasteiger partial charge is 0.323 e. The van der Waals surface area contributed by atoms with Crippen molar-refractivity contribution in [3.63, 3.8) is 0 Å². The van der Waals surface area contributed by atoms with Gasteiger partial charge in [0.1, 0.15) is 42.3 Å². The van der Waals surface area contributed by atoms with E-state index in [4.69, 9.17) is 90.6 Å². The first-order chi connectivity index (χ1) is 39.3. The predicted octanol–water partition coefficient (Wildman–Crippen LogP) is -1.91. The lowest BCUT2D eigenvalue weighted by atomic mass is 10.1. The molecule has 0 saturated carbocycles. The molecule has 0 spiro atoms. The zero-order chi connectivity index (χ0) is 65.1. The number of nitrogens with two attached hydrogens (primary N) is 8. The summed E-state index contributed by atoms with van der Waals surface area (Å²) < 4.78 is 0. The number of aliphatic hydroxyl groups excluding tert-OH is 2. The lowest BCUT2D eigenvalue weighted by Gasteiger charge is -2.06. The van der Waals surface area contributed by atoms with Crippen molar-refractivity contribution in [1.82, 2.24) is 15.3 Å². The minimum atomic E-state index is -1.18. The van der Waals surface area contributed by atoms with E-state index in [-0.39, 0.29) is 19.1 Å². The zero-order valence-corrected chi connectivity index (χ0v) is 47.0. The van der Waals surface area contributed by atoms with Crippen LogP contribution in [0.1, 0.15) is 42.9 Å². The zero-order valence-electron chi connectivity index (χ0n) is 46.2. The number of aromatic nitrogens is 2. The van der Waals surface area contributed by atoms with E-state index in [1.165, 1.54) is 6.92 Å². The van der Waals surface area contributed by atoms with Gasteiger partial charge in [-0.15, -0.1) is 0 Å². The topological polar surface area (TPSA) is 628 Å². The third-order valence-electron chi connectivity index (χ3n) is 10.5. The van der Waals surface area contributed by atoms with E-state index < -0.39 is 103 Å². The number of aliphatic hydroxyl groups is 2. The first-order valence-corrected chi connectivity index (χ1v) is 26.3. The van der Waals surface area contributed by atoms with Crippen LogP contribution < -0.4 is 51.2 Å². The highest BCUT2D eigenvalue weighted by atomic mass is 32.2. The maximum Gasteiger partial charge on any atom is 0.323 e. The molecule has 84 heavy (non-hydrogen) atoms. The molecule has 0 amide bonds. The second-order valence-electron chi connectivity index (χ2n) is 17.3. The Hall–Kier alpha value is -8.12. The summed E-state index contributed by atoms with van der Waals surface area (Å²) in [5.74, 6) is -8.02. The molecule has 0 bridgehead atoms. The molecule has 1 fully saturated rings. The van der Waals surface area contributed by atoms with Crippen molar-refractivity contribution in [3.05, 3.63) is 108 Å². The van der Waals surface area contributed by atoms with Crippen LogP contribution in [0.4, 0.5) is 0 Å². The number of carbonyl (C=O) groups is 9. The van der Waals surface area contributed by atoms with E-state index in [9.17, 15) is 43.2 Å². The summed E-state index contributed by atoms with van der Waals surface area (Å²) in [7, 11) is 0. The van der Waals surface area contributed by atoms with Crippen LogP contribution in [0.3, 0.4) is 0 Å². The van der Waals surface area contributed by atoms with E-state index in [1.807, 2.05) is 97.5 Å². The van der Waals surface area contributed by atoms with Crippen LogP contribution in [0.2, 0.25) is 0 Å². The molecule has 1 aliphatic rings. The molecule has 1 aliphatic heterocycles. The highest BCUT2D eigenvalue weighted by molar-refractivity contribution is 7.98. The van der Waals surface area contributed by atoms with Gasteiger partial charge < -0.3 is 117 Å². The number of rotatable bonds is 20. The predicted molar refractivity (Wildman–Crippen MR) is 312 cm³/mol. The molecule has 31 nitrogen and oxygen atoms in total. The van der Waals surface area contributed by atoms with Gasteiger partial charge >= 0.3 is 53.7 Å². The molecular formula is C52H81N11O20S. The van der Waals surface area contributed by atoms with Crippen molar-refractivity contribution >= 4 is 87.3 Å². The molecule has 470 valence electrons. The average Bonchev–Trinajstić information content (AvgIpc) is 4.26. The van der Waals surface area contributed by atoms with Crippen molar-refractivity contribution in [3.8, 4) is 0 Å². The number of aromatic amines is 2. The average molecular weight is 1210 g/mol. The number of fused-ring (bicyclic) bond motifs is 2. The van der Waals surface area contributed by atoms with Gasteiger partial charge in [0.25, 0.3) is 0 Å². The maximum atomic E-state index is 10.6. The highest BCUT2D eigenvalue weighted by Crippen LogP contribution is 2.20. The van der Waals surface area contributed by atoms with Crippen LogP contribution in [0.15, 0.2) is 91.3 Å². The Morgan fingerprint density at radius 2 is 0.917 bits per heavy atom. The molecule has 3 aromatic carbocycles. The Labute approximate surface area is 486 Å². The summed E-state index contributed by atoms with van der Waals surface area (Å²) in [4.78, 5) is 96.0. The van der Waals surface area contributed by atoms with Crippen molar-refractivity contribution in [2.24, 2.45) is 45.9 Å². The summed E-state index contributed by atoms with van der Waals surface area (Å²) in [5, 5.41) is 95.2. The first-order valence-electron chi connectivity index (χ1n) is 24.9.